The smallest absolute Gasteiger partial charge is 0.191 e. The zero-order chi connectivity index (χ0) is 19.7. The van der Waals surface area contributed by atoms with Gasteiger partial charge in [-0.2, -0.15) is 0 Å². The molecule has 152 valence electrons. The van der Waals surface area contributed by atoms with Crippen LogP contribution in [0.5, 0.6) is 5.75 Å². The third kappa shape index (κ3) is 6.73. The highest BCUT2D eigenvalue weighted by molar-refractivity contribution is 5.80. The zero-order valence-corrected chi connectivity index (χ0v) is 17.8. The van der Waals surface area contributed by atoms with Crippen LogP contribution in [0.25, 0.3) is 0 Å². The van der Waals surface area contributed by atoms with E-state index >= 15 is 0 Å². The van der Waals surface area contributed by atoms with Crippen LogP contribution in [0.1, 0.15) is 52.0 Å². The number of nitrogens with one attached hydrogen (secondary N) is 2. The number of guanidine groups is 1. The molecule has 1 saturated heterocycles. The van der Waals surface area contributed by atoms with E-state index < -0.39 is 0 Å². The maximum atomic E-state index is 5.37. The van der Waals surface area contributed by atoms with Crippen molar-refractivity contribution in [2.24, 2.45) is 4.99 Å². The molecular formula is C22H38N4O. The molecule has 0 unspecified atom stereocenters. The molecule has 0 saturated carbocycles. The Morgan fingerprint density at radius 3 is 2.67 bits per heavy atom. The Bertz CT molecular complexity index is 592. The molecule has 1 aliphatic heterocycles. The average Bonchev–Trinajstić information content (AvgIpc) is 2.70. The molecule has 0 spiro atoms. The first-order valence-corrected chi connectivity index (χ1v) is 10.3. The maximum absolute atomic E-state index is 5.37. The monoisotopic (exact) mass is 374 g/mol. The van der Waals surface area contributed by atoms with Crippen molar-refractivity contribution in [1.29, 1.82) is 0 Å². The van der Waals surface area contributed by atoms with Crippen molar-refractivity contribution >= 4 is 5.96 Å². The summed E-state index contributed by atoms with van der Waals surface area (Å²) in [5.74, 6) is 1.80. The van der Waals surface area contributed by atoms with Gasteiger partial charge in [0.25, 0.3) is 0 Å². The van der Waals surface area contributed by atoms with Gasteiger partial charge in [0.1, 0.15) is 5.75 Å². The predicted molar refractivity (Wildman–Crippen MR) is 115 cm³/mol. The van der Waals surface area contributed by atoms with Crippen LogP contribution in [-0.4, -0.2) is 57.2 Å². The molecule has 0 bridgehead atoms. The van der Waals surface area contributed by atoms with E-state index in [1.54, 1.807) is 7.11 Å². The van der Waals surface area contributed by atoms with E-state index in [1.165, 1.54) is 50.9 Å². The minimum Gasteiger partial charge on any atom is -0.497 e. The molecule has 5 heteroatoms. The van der Waals surface area contributed by atoms with E-state index in [-0.39, 0.29) is 5.41 Å². The fourth-order valence-electron chi connectivity index (χ4n) is 3.52. The summed E-state index contributed by atoms with van der Waals surface area (Å²) in [5.41, 5.74) is 1.24. The summed E-state index contributed by atoms with van der Waals surface area (Å²) in [6, 6.07) is 8.82. The molecule has 27 heavy (non-hydrogen) atoms. The molecule has 5 nitrogen and oxygen atoms in total. The van der Waals surface area contributed by atoms with Crippen LogP contribution < -0.4 is 15.4 Å². The summed E-state index contributed by atoms with van der Waals surface area (Å²) in [4.78, 5) is 7.02. The topological polar surface area (TPSA) is 48.9 Å². The van der Waals surface area contributed by atoms with Crippen LogP contribution in [0.3, 0.4) is 0 Å². The van der Waals surface area contributed by atoms with Gasteiger partial charge in [0.15, 0.2) is 5.96 Å². The fourth-order valence-corrected chi connectivity index (χ4v) is 3.52. The molecule has 2 rings (SSSR count). The number of hydrogen-bond acceptors (Lipinski definition) is 3. The molecule has 1 aromatic rings. The lowest BCUT2D eigenvalue weighted by Gasteiger charge is -2.33. The van der Waals surface area contributed by atoms with Crippen LogP contribution in [0, 0.1) is 0 Å². The second kappa shape index (κ2) is 10.5. The van der Waals surface area contributed by atoms with Crippen molar-refractivity contribution in [2.75, 3.05) is 40.3 Å². The number of methoxy groups -OCH3 is 1. The molecule has 0 atom stereocenters. The second-order valence-corrected chi connectivity index (χ2v) is 8.16. The Morgan fingerprint density at radius 2 is 2.04 bits per heavy atom. The molecule has 1 aliphatic rings. The normalized spacial score (nSPS) is 17.0. The Balaban J connectivity index is 1.83. The van der Waals surface area contributed by atoms with Gasteiger partial charge in [-0.25, -0.2) is 0 Å². The standard InChI is InChI=1S/C22H38N4O/c1-6-7-13-26-14-11-19(12-15-26)25-21(23-4)24-17-22(2,3)18-9-8-10-20(16-18)27-5/h8-10,16,19H,6-7,11-15,17H2,1-5H3,(H2,23,24,25). The molecular weight excluding hydrogens is 336 g/mol. The third-order valence-corrected chi connectivity index (χ3v) is 5.53. The highest BCUT2D eigenvalue weighted by Crippen LogP contribution is 2.25. The van der Waals surface area contributed by atoms with Crippen molar-refractivity contribution in [2.45, 2.75) is 57.9 Å². The quantitative estimate of drug-likeness (QED) is 0.541. The second-order valence-electron chi connectivity index (χ2n) is 8.16. The number of ether oxygens (including phenoxy) is 1. The van der Waals surface area contributed by atoms with Crippen molar-refractivity contribution in [1.82, 2.24) is 15.5 Å². The first kappa shape index (κ1) is 21.5. The van der Waals surface area contributed by atoms with Gasteiger partial charge < -0.3 is 20.3 Å². The Morgan fingerprint density at radius 1 is 1.30 bits per heavy atom. The number of benzene rings is 1. The summed E-state index contributed by atoms with van der Waals surface area (Å²) in [6.07, 6.45) is 4.95. The van der Waals surface area contributed by atoms with Crippen molar-refractivity contribution in [3.63, 3.8) is 0 Å². The molecule has 1 aromatic carbocycles. The van der Waals surface area contributed by atoms with Crippen molar-refractivity contribution in [3.8, 4) is 5.75 Å². The molecule has 1 fully saturated rings. The maximum Gasteiger partial charge on any atom is 0.191 e. The summed E-state index contributed by atoms with van der Waals surface area (Å²) in [5, 5.41) is 7.14. The van der Waals surface area contributed by atoms with E-state index in [9.17, 15) is 0 Å². The van der Waals surface area contributed by atoms with Gasteiger partial charge in [0.2, 0.25) is 0 Å². The minimum atomic E-state index is -0.0182. The highest BCUT2D eigenvalue weighted by Gasteiger charge is 2.23. The molecule has 0 amide bonds. The van der Waals surface area contributed by atoms with Gasteiger partial charge in [-0.1, -0.05) is 39.3 Å². The number of hydrogen-bond donors (Lipinski definition) is 2. The molecule has 0 aromatic heterocycles. The van der Waals surface area contributed by atoms with Gasteiger partial charge in [0, 0.05) is 38.1 Å². The highest BCUT2D eigenvalue weighted by atomic mass is 16.5. The lowest BCUT2D eigenvalue weighted by Crippen LogP contribution is -2.50. The van der Waals surface area contributed by atoms with E-state index in [4.69, 9.17) is 4.74 Å². The van der Waals surface area contributed by atoms with Gasteiger partial charge in [0.05, 0.1) is 7.11 Å². The Hall–Kier alpha value is -1.75. The Kier molecular flexibility index (Phi) is 8.42. The van der Waals surface area contributed by atoms with Gasteiger partial charge in [-0.05, 0) is 43.5 Å². The van der Waals surface area contributed by atoms with Crippen LogP contribution in [0.15, 0.2) is 29.3 Å². The lowest BCUT2D eigenvalue weighted by molar-refractivity contribution is 0.203. The molecule has 0 aliphatic carbocycles. The fraction of sp³-hybridized carbons (Fsp3) is 0.682. The number of rotatable bonds is 8. The van der Waals surface area contributed by atoms with Gasteiger partial charge in [-0.15, -0.1) is 0 Å². The SMILES string of the molecule is CCCCN1CCC(NC(=NC)NCC(C)(C)c2cccc(OC)c2)CC1. The summed E-state index contributed by atoms with van der Waals surface area (Å²) in [6.45, 7) is 11.2. The summed E-state index contributed by atoms with van der Waals surface area (Å²) >= 11 is 0. The number of unbranched alkanes of at least 4 members (excludes halogenated alkanes) is 1. The van der Waals surface area contributed by atoms with E-state index in [2.05, 4.69) is 59.5 Å². The van der Waals surface area contributed by atoms with E-state index in [1.807, 2.05) is 13.1 Å². The summed E-state index contributed by atoms with van der Waals surface area (Å²) < 4.78 is 5.37. The van der Waals surface area contributed by atoms with Crippen molar-refractivity contribution in [3.05, 3.63) is 29.8 Å². The van der Waals surface area contributed by atoms with Crippen LogP contribution in [0.4, 0.5) is 0 Å². The number of nitrogens with zero attached hydrogens (tertiary/aromatic N) is 2. The first-order valence-electron chi connectivity index (χ1n) is 10.3. The van der Waals surface area contributed by atoms with Crippen molar-refractivity contribution < 1.29 is 4.74 Å². The summed E-state index contributed by atoms with van der Waals surface area (Å²) in [7, 11) is 3.56. The lowest BCUT2D eigenvalue weighted by atomic mass is 9.84. The number of piperidine rings is 1. The molecule has 2 N–H and O–H groups in total. The molecule has 0 radical (unpaired) electrons. The molecule has 1 heterocycles. The van der Waals surface area contributed by atoms with E-state index in [0.717, 1.165) is 18.3 Å². The number of aliphatic imine (C=N–C) groups is 1. The Labute approximate surface area is 165 Å². The minimum absolute atomic E-state index is 0.0182. The van der Waals surface area contributed by atoms with Gasteiger partial charge in [-0.3, -0.25) is 4.99 Å². The van der Waals surface area contributed by atoms with Crippen LogP contribution in [-0.2, 0) is 5.41 Å². The third-order valence-electron chi connectivity index (χ3n) is 5.53. The average molecular weight is 375 g/mol. The zero-order valence-electron chi connectivity index (χ0n) is 17.8. The first-order chi connectivity index (χ1) is 13.0. The number of likely N-dealkylation sites (tertiary alicyclic amines) is 1. The van der Waals surface area contributed by atoms with Crippen LogP contribution >= 0.6 is 0 Å². The predicted octanol–water partition coefficient (Wildman–Crippen LogP) is 3.40. The van der Waals surface area contributed by atoms with Crippen LogP contribution in [0.2, 0.25) is 0 Å². The largest absolute Gasteiger partial charge is 0.497 e. The van der Waals surface area contributed by atoms with Gasteiger partial charge >= 0.3 is 0 Å². The van der Waals surface area contributed by atoms with E-state index in [0.29, 0.717) is 6.04 Å².